The van der Waals surface area contributed by atoms with Crippen LogP contribution < -0.4 is 19.4 Å². The van der Waals surface area contributed by atoms with E-state index < -0.39 is 18.2 Å². The number of nitrogens with one attached hydrogen (secondary N) is 1. The van der Waals surface area contributed by atoms with E-state index in [4.69, 9.17) is 42.1 Å². The minimum Gasteiger partial charge on any atom is -0.493 e. The molecule has 246 valence electrons. The molecule has 2 atom stereocenters. The molecule has 0 saturated carbocycles. The molecule has 0 unspecified atom stereocenters. The molecule has 3 aromatic heterocycles. The summed E-state index contributed by atoms with van der Waals surface area (Å²) in [5, 5.41) is 0.830. The monoisotopic (exact) mass is 697 g/mol. The van der Waals surface area contributed by atoms with E-state index in [0.717, 1.165) is 37.4 Å². The van der Waals surface area contributed by atoms with Gasteiger partial charge in [-0.1, -0.05) is 29.3 Å². The van der Waals surface area contributed by atoms with Crippen molar-refractivity contribution < 1.29 is 33.5 Å². The molecular weight excluding hydrogens is 663 g/mol. The molecule has 3 aliphatic rings. The number of esters is 1. The summed E-state index contributed by atoms with van der Waals surface area (Å²) in [5.41, 5.74) is 1.91. The number of fused-ring (bicyclic) bond motifs is 3. The van der Waals surface area contributed by atoms with Crippen LogP contribution >= 0.6 is 34.5 Å². The molecule has 4 aromatic rings. The lowest BCUT2D eigenvalue weighted by atomic mass is 9.86. The largest absolute Gasteiger partial charge is 0.493 e. The van der Waals surface area contributed by atoms with Gasteiger partial charge in [-0.2, -0.15) is 0 Å². The van der Waals surface area contributed by atoms with Crippen molar-refractivity contribution in [3.05, 3.63) is 98.2 Å². The van der Waals surface area contributed by atoms with Crippen LogP contribution in [0.15, 0.2) is 67.3 Å². The zero-order chi connectivity index (χ0) is 32.9. The zero-order valence-electron chi connectivity index (χ0n) is 26.0. The molecule has 47 heavy (non-hydrogen) atoms. The van der Waals surface area contributed by atoms with E-state index in [2.05, 4.69) is 14.9 Å². The van der Waals surface area contributed by atoms with Crippen molar-refractivity contribution in [2.75, 3.05) is 38.8 Å². The molecule has 0 aliphatic carbocycles. The zero-order valence-corrected chi connectivity index (χ0v) is 28.3. The van der Waals surface area contributed by atoms with Gasteiger partial charge in [0.15, 0.2) is 23.9 Å². The number of thiophene rings is 1. The average Bonchev–Trinajstić information content (AvgIpc) is 3.58. The molecule has 3 aliphatic heterocycles. The van der Waals surface area contributed by atoms with Gasteiger partial charge in [0.25, 0.3) is 0 Å². The Hall–Kier alpha value is -3.90. The third-order valence-corrected chi connectivity index (χ3v) is 10.3. The van der Waals surface area contributed by atoms with E-state index in [-0.39, 0.29) is 19.1 Å². The molecule has 13 heteroatoms. The van der Waals surface area contributed by atoms with Crippen molar-refractivity contribution in [2.45, 2.75) is 38.0 Å². The summed E-state index contributed by atoms with van der Waals surface area (Å²) in [5.74, 6) is 0.877. The number of methoxy groups -OCH3 is 2. The van der Waals surface area contributed by atoms with E-state index in [1.807, 2.05) is 18.2 Å². The molecule has 0 spiro atoms. The van der Waals surface area contributed by atoms with Crippen LogP contribution in [-0.4, -0.2) is 61.9 Å². The number of hydrogen-bond acceptors (Lipinski definition) is 9. The molecule has 1 amide bonds. The highest BCUT2D eigenvalue weighted by Gasteiger charge is 2.37. The Kier molecular flexibility index (Phi) is 10.5. The number of carbonyl (C=O) groups is 2. The minimum atomic E-state index is -0.756. The van der Waals surface area contributed by atoms with Gasteiger partial charge in [0.05, 0.1) is 32.6 Å². The summed E-state index contributed by atoms with van der Waals surface area (Å²) < 4.78 is 23.1. The van der Waals surface area contributed by atoms with Gasteiger partial charge in [-0.25, -0.2) is 14.6 Å². The molecule has 0 radical (unpaired) electrons. The van der Waals surface area contributed by atoms with E-state index >= 15 is 0 Å². The van der Waals surface area contributed by atoms with Gasteiger partial charge in [0, 0.05) is 29.6 Å². The van der Waals surface area contributed by atoms with Crippen LogP contribution in [0.2, 0.25) is 10.0 Å². The number of pyridine rings is 2. The standard InChI is InChI=1S/C34H34Cl2N4O6S/c1-43-28-7-5-22(14-30(28)44-2)29(15-25-26(35)17-38-18-27(25)36)45-33(41)32-8-6-24(47-32)19-40(23-4-3-11-37-16-23)34(42)46-31-20-39-12-9-21(31)10-13-39/h3-8,11,14,16-18,21,29,31H,9-10,12-13,15,19-20H2,1-2H3/p+1/t29-,31-/m0/s1. The Labute approximate surface area is 287 Å². The fraction of sp³-hybridized carbons (Fsp3) is 0.353. The molecule has 3 fully saturated rings. The van der Waals surface area contributed by atoms with E-state index in [1.165, 1.54) is 18.4 Å². The minimum absolute atomic E-state index is 0.143. The first kappa shape index (κ1) is 33.0. The van der Waals surface area contributed by atoms with Gasteiger partial charge >= 0.3 is 12.1 Å². The number of ether oxygens (including phenoxy) is 4. The van der Waals surface area contributed by atoms with Gasteiger partial charge < -0.3 is 18.9 Å². The number of halogens is 2. The fourth-order valence-electron chi connectivity index (χ4n) is 6.07. The Morgan fingerprint density at radius 3 is 2.49 bits per heavy atom. The first-order valence-corrected chi connectivity index (χ1v) is 16.9. The van der Waals surface area contributed by atoms with Crippen LogP contribution in [0, 0.1) is 5.92 Å². The molecule has 1 N–H and O–H groups in total. The molecule has 7 rings (SSSR count). The number of amides is 1. The number of aromatic amines is 1. The first-order chi connectivity index (χ1) is 22.8. The van der Waals surface area contributed by atoms with Crippen LogP contribution in [0.1, 0.15) is 44.6 Å². The number of rotatable bonds is 11. The van der Waals surface area contributed by atoms with Gasteiger partial charge in [-0.15, -0.1) is 11.3 Å². The van der Waals surface area contributed by atoms with E-state index in [9.17, 15) is 9.59 Å². The molecule has 1 aromatic carbocycles. The van der Waals surface area contributed by atoms with Crippen LogP contribution in [-0.2, 0) is 22.4 Å². The summed E-state index contributed by atoms with van der Waals surface area (Å²) in [4.78, 5) is 39.4. The maximum absolute atomic E-state index is 13.6. The molecular formula is C34H35Cl2N4O6S+. The Balaban J connectivity index is 1.21. The third kappa shape index (κ3) is 7.65. The number of carbonyl (C=O) groups excluding carboxylic acids is 2. The molecule has 10 nitrogen and oxygen atoms in total. The summed E-state index contributed by atoms with van der Waals surface area (Å²) in [6.07, 6.45) is 7.48. The lowest BCUT2D eigenvalue weighted by Crippen LogP contribution is -2.53. The summed E-state index contributed by atoms with van der Waals surface area (Å²) in [6.45, 7) is 3.06. The summed E-state index contributed by atoms with van der Waals surface area (Å²) >= 11 is 14.2. The number of H-pyrrole nitrogens is 1. The van der Waals surface area contributed by atoms with Crippen LogP contribution in [0.25, 0.3) is 0 Å². The highest BCUT2D eigenvalue weighted by Crippen LogP contribution is 2.36. The van der Waals surface area contributed by atoms with Crippen molar-refractivity contribution >= 4 is 52.3 Å². The third-order valence-electron chi connectivity index (χ3n) is 8.62. The van der Waals surface area contributed by atoms with Crippen LogP contribution in [0.5, 0.6) is 11.5 Å². The van der Waals surface area contributed by atoms with Gasteiger partial charge in [0.2, 0.25) is 0 Å². The van der Waals surface area contributed by atoms with Crippen molar-refractivity contribution in [2.24, 2.45) is 5.92 Å². The second kappa shape index (κ2) is 14.9. The van der Waals surface area contributed by atoms with Gasteiger partial charge in [-0.3, -0.25) is 14.8 Å². The number of nitrogens with zero attached hydrogens (tertiary/aromatic N) is 3. The topological polar surface area (TPSA) is 105 Å². The second-order valence-electron chi connectivity index (χ2n) is 11.5. The number of piperidine rings is 3. The van der Waals surface area contributed by atoms with Crippen molar-refractivity contribution in [3.8, 4) is 11.5 Å². The van der Waals surface area contributed by atoms with Crippen LogP contribution in [0.4, 0.5) is 10.5 Å². The molecule has 6 heterocycles. The predicted octanol–water partition coefficient (Wildman–Crippen LogP) is 6.66. The Bertz CT molecular complexity index is 1700. The highest BCUT2D eigenvalue weighted by atomic mass is 35.5. The first-order valence-electron chi connectivity index (χ1n) is 15.3. The normalized spacial score (nSPS) is 19.1. The molecule has 2 bridgehead atoms. The van der Waals surface area contributed by atoms with E-state index in [1.54, 1.807) is 61.1 Å². The Morgan fingerprint density at radius 2 is 1.83 bits per heavy atom. The number of benzene rings is 1. The van der Waals surface area contributed by atoms with Crippen molar-refractivity contribution in [1.82, 2.24) is 9.88 Å². The smallest absolute Gasteiger partial charge is 0.415 e. The highest BCUT2D eigenvalue weighted by molar-refractivity contribution is 7.14. The van der Waals surface area contributed by atoms with Crippen molar-refractivity contribution in [3.63, 3.8) is 0 Å². The maximum atomic E-state index is 13.6. The lowest BCUT2D eigenvalue weighted by molar-refractivity contribution is -0.377. The average molecular weight is 699 g/mol. The summed E-state index contributed by atoms with van der Waals surface area (Å²) in [6, 6.07) is 12.4. The number of anilines is 1. The SMILES string of the molecule is COc1ccc([C@H](Cc2c(Cl)c[nH+]cc2Cl)OC(=O)c2ccc(CN(C(=O)O[C@H]3CN4CCC3CC4)c3cccnc3)s2)cc1OC. The molecule has 3 saturated heterocycles. The summed E-state index contributed by atoms with van der Waals surface area (Å²) in [7, 11) is 3.09. The van der Waals surface area contributed by atoms with Gasteiger partial charge in [-0.05, 0) is 73.8 Å². The predicted molar refractivity (Wildman–Crippen MR) is 179 cm³/mol. The number of hydrogen-bond donors (Lipinski definition) is 0. The van der Waals surface area contributed by atoms with Crippen LogP contribution in [0.3, 0.4) is 0 Å². The van der Waals surface area contributed by atoms with Gasteiger partial charge in [0.1, 0.15) is 27.1 Å². The quantitative estimate of drug-likeness (QED) is 0.160. The fourth-order valence-corrected chi connectivity index (χ4v) is 7.48. The Morgan fingerprint density at radius 1 is 1.06 bits per heavy atom. The second-order valence-corrected chi connectivity index (χ2v) is 13.4. The lowest BCUT2D eigenvalue weighted by Gasteiger charge is -2.44. The van der Waals surface area contributed by atoms with Crippen molar-refractivity contribution in [1.29, 1.82) is 0 Å². The van der Waals surface area contributed by atoms with E-state index in [0.29, 0.717) is 49.2 Å². The number of aromatic nitrogens is 2. The maximum Gasteiger partial charge on any atom is 0.415 e.